The molecule has 0 aliphatic carbocycles. The molecule has 0 aliphatic rings. The van der Waals surface area contributed by atoms with Crippen molar-refractivity contribution in [2.24, 2.45) is 0 Å². The average Bonchev–Trinajstić information content (AvgIpc) is 3.19. The molecule has 1 aromatic heterocycles. The van der Waals surface area contributed by atoms with Gasteiger partial charge in [0.1, 0.15) is 5.75 Å². The first-order valence-electron chi connectivity index (χ1n) is 8.10. The van der Waals surface area contributed by atoms with Crippen molar-refractivity contribution in [2.75, 3.05) is 10.6 Å². The van der Waals surface area contributed by atoms with Gasteiger partial charge in [-0.3, -0.25) is 9.59 Å². The zero-order valence-electron chi connectivity index (χ0n) is 14.1. The summed E-state index contributed by atoms with van der Waals surface area (Å²) in [6.07, 6.45) is 0.719. The summed E-state index contributed by atoms with van der Waals surface area (Å²) >= 11 is 0. The highest BCUT2D eigenvalue weighted by molar-refractivity contribution is 6.06. The van der Waals surface area contributed by atoms with Crippen LogP contribution < -0.4 is 15.4 Å². The molecule has 0 saturated heterocycles. The van der Waals surface area contributed by atoms with Crippen LogP contribution in [0.3, 0.4) is 0 Å². The molecule has 0 fully saturated rings. The number of carbonyl (C=O) groups excluding carboxylic acids is 2. The lowest BCUT2D eigenvalue weighted by molar-refractivity contribution is -0.122. The molecule has 1 atom stereocenters. The number of para-hydroxylation sites is 3. The highest BCUT2D eigenvalue weighted by Gasteiger charge is 2.17. The van der Waals surface area contributed by atoms with E-state index < -0.39 is 12.0 Å². The number of carbonyl (C=O) groups is 2. The van der Waals surface area contributed by atoms with Gasteiger partial charge < -0.3 is 19.8 Å². The first-order valence-corrected chi connectivity index (χ1v) is 8.10. The molecule has 132 valence electrons. The number of furan rings is 1. The van der Waals surface area contributed by atoms with Gasteiger partial charge in [0, 0.05) is 0 Å². The fourth-order valence-corrected chi connectivity index (χ4v) is 2.28. The summed E-state index contributed by atoms with van der Waals surface area (Å²) < 4.78 is 10.7. The SMILES string of the molecule is CC(Oc1ccccc1)C(=O)Nc1ccccc1NC(=O)c1ccco1. The van der Waals surface area contributed by atoms with Gasteiger partial charge in [0.2, 0.25) is 0 Å². The van der Waals surface area contributed by atoms with Crippen molar-refractivity contribution in [1.29, 1.82) is 0 Å². The zero-order chi connectivity index (χ0) is 18.4. The summed E-state index contributed by atoms with van der Waals surface area (Å²) in [7, 11) is 0. The van der Waals surface area contributed by atoms with E-state index in [-0.39, 0.29) is 11.7 Å². The Morgan fingerprint density at radius 2 is 1.54 bits per heavy atom. The van der Waals surface area contributed by atoms with Gasteiger partial charge in [0.15, 0.2) is 11.9 Å². The predicted molar refractivity (Wildman–Crippen MR) is 98.3 cm³/mol. The average molecular weight is 350 g/mol. The van der Waals surface area contributed by atoms with E-state index in [1.807, 2.05) is 18.2 Å². The molecule has 1 heterocycles. The molecule has 3 aromatic rings. The maximum absolute atomic E-state index is 12.4. The Morgan fingerprint density at radius 1 is 0.885 bits per heavy atom. The van der Waals surface area contributed by atoms with Crippen LogP contribution in [-0.2, 0) is 4.79 Å². The van der Waals surface area contributed by atoms with E-state index in [2.05, 4.69) is 10.6 Å². The third-order valence-corrected chi connectivity index (χ3v) is 3.60. The van der Waals surface area contributed by atoms with Crippen molar-refractivity contribution in [1.82, 2.24) is 0 Å². The van der Waals surface area contributed by atoms with Crippen LogP contribution in [0.15, 0.2) is 77.4 Å². The standard InChI is InChI=1S/C20H18N2O4/c1-14(26-15-8-3-2-4-9-15)19(23)21-16-10-5-6-11-17(16)22-20(24)18-12-7-13-25-18/h2-14H,1H3,(H,21,23)(H,22,24). The summed E-state index contributed by atoms with van der Waals surface area (Å²) in [4.78, 5) is 24.6. The fraction of sp³-hybridized carbons (Fsp3) is 0.100. The van der Waals surface area contributed by atoms with E-state index in [9.17, 15) is 9.59 Å². The van der Waals surface area contributed by atoms with Gasteiger partial charge in [0.05, 0.1) is 17.6 Å². The molecule has 3 rings (SSSR count). The molecular formula is C20H18N2O4. The summed E-state index contributed by atoms with van der Waals surface area (Å²) in [5.74, 6) is 0.0697. The molecule has 0 bridgehead atoms. The van der Waals surface area contributed by atoms with Gasteiger partial charge in [-0.25, -0.2) is 0 Å². The molecule has 2 amide bonds. The number of rotatable bonds is 6. The number of nitrogens with one attached hydrogen (secondary N) is 2. The molecule has 26 heavy (non-hydrogen) atoms. The van der Waals surface area contributed by atoms with Crippen LogP contribution >= 0.6 is 0 Å². The number of amides is 2. The van der Waals surface area contributed by atoms with E-state index in [1.54, 1.807) is 55.5 Å². The lowest BCUT2D eigenvalue weighted by Gasteiger charge is -2.16. The number of benzene rings is 2. The van der Waals surface area contributed by atoms with Crippen molar-refractivity contribution in [3.05, 3.63) is 78.8 Å². The molecule has 0 spiro atoms. The summed E-state index contributed by atoms with van der Waals surface area (Å²) in [5, 5.41) is 5.49. The second kappa shape index (κ2) is 8.02. The van der Waals surface area contributed by atoms with Crippen molar-refractivity contribution in [3.8, 4) is 5.75 Å². The normalized spacial score (nSPS) is 11.4. The van der Waals surface area contributed by atoms with Crippen molar-refractivity contribution in [2.45, 2.75) is 13.0 Å². The molecule has 2 aromatic carbocycles. The topological polar surface area (TPSA) is 80.6 Å². The van der Waals surface area contributed by atoms with Crippen LogP contribution in [0.25, 0.3) is 0 Å². The smallest absolute Gasteiger partial charge is 0.291 e. The van der Waals surface area contributed by atoms with Gasteiger partial charge in [0.25, 0.3) is 11.8 Å². The van der Waals surface area contributed by atoms with Crippen LogP contribution in [0.5, 0.6) is 5.75 Å². The van der Waals surface area contributed by atoms with E-state index in [0.29, 0.717) is 17.1 Å². The Balaban J connectivity index is 1.67. The molecule has 1 unspecified atom stereocenters. The Morgan fingerprint density at radius 3 is 2.19 bits per heavy atom. The largest absolute Gasteiger partial charge is 0.481 e. The summed E-state index contributed by atoms with van der Waals surface area (Å²) in [6, 6.07) is 19.2. The first kappa shape index (κ1) is 17.3. The Bertz CT molecular complexity index is 876. The van der Waals surface area contributed by atoms with E-state index in [1.165, 1.54) is 6.26 Å². The second-order valence-electron chi connectivity index (χ2n) is 5.54. The van der Waals surface area contributed by atoms with Crippen molar-refractivity contribution < 1.29 is 18.7 Å². The molecular weight excluding hydrogens is 332 g/mol. The minimum Gasteiger partial charge on any atom is -0.481 e. The molecule has 6 heteroatoms. The van der Waals surface area contributed by atoms with Crippen molar-refractivity contribution >= 4 is 23.2 Å². The first-order chi connectivity index (χ1) is 12.6. The summed E-state index contributed by atoms with van der Waals surface area (Å²) in [5.41, 5.74) is 0.940. The second-order valence-corrected chi connectivity index (χ2v) is 5.54. The molecule has 0 radical (unpaired) electrons. The number of anilines is 2. The lowest BCUT2D eigenvalue weighted by Crippen LogP contribution is -2.30. The van der Waals surface area contributed by atoms with E-state index in [4.69, 9.17) is 9.15 Å². The van der Waals surface area contributed by atoms with Crippen LogP contribution in [0.4, 0.5) is 11.4 Å². The van der Waals surface area contributed by atoms with Crippen LogP contribution in [-0.4, -0.2) is 17.9 Å². The van der Waals surface area contributed by atoms with Gasteiger partial charge >= 0.3 is 0 Å². The van der Waals surface area contributed by atoms with Crippen molar-refractivity contribution in [3.63, 3.8) is 0 Å². The fourth-order valence-electron chi connectivity index (χ4n) is 2.28. The van der Waals surface area contributed by atoms with Gasteiger partial charge in [-0.2, -0.15) is 0 Å². The molecule has 6 nitrogen and oxygen atoms in total. The third-order valence-electron chi connectivity index (χ3n) is 3.60. The van der Waals surface area contributed by atoms with Gasteiger partial charge in [-0.05, 0) is 43.3 Å². The maximum atomic E-state index is 12.4. The minimum atomic E-state index is -0.703. The predicted octanol–water partition coefficient (Wildman–Crippen LogP) is 3.94. The Kier molecular flexibility index (Phi) is 5.34. The number of ether oxygens (including phenoxy) is 1. The van der Waals surface area contributed by atoms with Crippen LogP contribution in [0, 0.1) is 0 Å². The zero-order valence-corrected chi connectivity index (χ0v) is 14.1. The Hall–Kier alpha value is -3.54. The maximum Gasteiger partial charge on any atom is 0.291 e. The summed E-state index contributed by atoms with van der Waals surface area (Å²) in [6.45, 7) is 1.66. The highest BCUT2D eigenvalue weighted by atomic mass is 16.5. The molecule has 0 aliphatic heterocycles. The van der Waals surface area contributed by atoms with E-state index >= 15 is 0 Å². The van der Waals surface area contributed by atoms with Gasteiger partial charge in [-0.15, -0.1) is 0 Å². The van der Waals surface area contributed by atoms with Crippen LogP contribution in [0.1, 0.15) is 17.5 Å². The minimum absolute atomic E-state index is 0.187. The lowest BCUT2D eigenvalue weighted by atomic mass is 10.2. The highest BCUT2D eigenvalue weighted by Crippen LogP contribution is 2.22. The van der Waals surface area contributed by atoms with Crippen LogP contribution in [0.2, 0.25) is 0 Å². The quantitative estimate of drug-likeness (QED) is 0.706. The van der Waals surface area contributed by atoms with Gasteiger partial charge in [-0.1, -0.05) is 30.3 Å². The van der Waals surface area contributed by atoms with E-state index in [0.717, 1.165) is 0 Å². The number of hydrogen-bond acceptors (Lipinski definition) is 4. The Labute approximate surface area is 150 Å². The molecule has 2 N–H and O–H groups in total. The third kappa shape index (κ3) is 4.30. The monoisotopic (exact) mass is 350 g/mol. The molecule has 0 saturated carbocycles. The number of hydrogen-bond donors (Lipinski definition) is 2.